The van der Waals surface area contributed by atoms with Gasteiger partial charge in [-0.2, -0.15) is 0 Å². The standard InChI is InChI=1S/C12H15BrN2O3/c1-3-18-10(16)5-9(15)11-6(2)8(14)4-7(13)12(11)17/h4,15,17H,3,5,14H2,1-2H3. The second-order valence-corrected chi connectivity index (χ2v) is 4.61. The molecule has 6 heteroatoms. The number of carbonyl (C=O) groups is 1. The molecule has 1 aromatic carbocycles. The van der Waals surface area contributed by atoms with Crippen LogP contribution < -0.4 is 5.73 Å². The molecule has 5 nitrogen and oxygen atoms in total. The van der Waals surface area contributed by atoms with Crippen molar-refractivity contribution in [2.75, 3.05) is 12.3 Å². The normalized spacial score (nSPS) is 10.2. The third-order valence-corrected chi connectivity index (χ3v) is 3.09. The summed E-state index contributed by atoms with van der Waals surface area (Å²) in [6.45, 7) is 3.65. The maximum Gasteiger partial charge on any atom is 0.311 e. The van der Waals surface area contributed by atoms with Crippen LogP contribution in [0, 0.1) is 12.3 Å². The lowest BCUT2D eigenvalue weighted by Gasteiger charge is -2.13. The van der Waals surface area contributed by atoms with Crippen LogP contribution in [0.5, 0.6) is 5.75 Å². The number of phenols is 1. The van der Waals surface area contributed by atoms with E-state index in [9.17, 15) is 9.90 Å². The summed E-state index contributed by atoms with van der Waals surface area (Å²) in [7, 11) is 0. The molecule has 0 aliphatic heterocycles. The fourth-order valence-corrected chi connectivity index (χ4v) is 2.01. The van der Waals surface area contributed by atoms with Gasteiger partial charge in [0.25, 0.3) is 0 Å². The van der Waals surface area contributed by atoms with Crippen molar-refractivity contribution >= 4 is 33.3 Å². The van der Waals surface area contributed by atoms with Crippen LogP contribution in [0.15, 0.2) is 10.5 Å². The van der Waals surface area contributed by atoms with Crippen molar-refractivity contribution in [1.29, 1.82) is 5.41 Å². The largest absolute Gasteiger partial charge is 0.506 e. The van der Waals surface area contributed by atoms with Crippen LogP contribution in [0.1, 0.15) is 24.5 Å². The van der Waals surface area contributed by atoms with E-state index in [-0.39, 0.29) is 30.1 Å². The molecule has 0 saturated carbocycles. The molecule has 98 valence electrons. The monoisotopic (exact) mass is 314 g/mol. The number of nitrogens with one attached hydrogen (secondary N) is 1. The first-order valence-electron chi connectivity index (χ1n) is 5.39. The molecule has 1 rings (SSSR count). The van der Waals surface area contributed by atoms with Gasteiger partial charge in [-0.3, -0.25) is 4.79 Å². The molecule has 0 unspecified atom stereocenters. The lowest BCUT2D eigenvalue weighted by Crippen LogP contribution is -2.13. The zero-order valence-corrected chi connectivity index (χ0v) is 11.8. The van der Waals surface area contributed by atoms with Gasteiger partial charge in [-0.15, -0.1) is 0 Å². The molecule has 0 heterocycles. The first-order chi connectivity index (χ1) is 8.38. The predicted octanol–water partition coefficient (Wildman–Crippen LogP) is 2.37. The first kappa shape index (κ1) is 14.5. The fraction of sp³-hybridized carbons (Fsp3) is 0.333. The molecule has 0 aliphatic carbocycles. The van der Waals surface area contributed by atoms with Crippen molar-refractivity contribution < 1.29 is 14.6 Å². The van der Waals surface area contributed by atoms with Gasteiger partial charge >= 0.3 is 5.97 Å². The number of phenolic OH excluding ortho intramolecular Hbond substituents is 1. The van der Waals surface area contributed by atoms with E-state index in [1.165, 1.54) is 0 Å². The molecule has 0 amide bonds. The summed E-state index contributed by atoms with van der Waals surface area (Å²) in [6, 6.07) is 1.56. The third kappa shape index (κ3) is 3.01. The molecular formula is C12H15BrN2O3. The minimum atomic E-state index is -0.500. The van der Waals surface area contributed by atoms with Crippen molar-refractivity contribution in [3.8, 4) is 5.75 Å². The Morgan fingerprint density at radius 3 is 2.78 bits per heavy atom. The van der Waals surface area contributed by atoms with E-state index < -0.39 is 5.97 Å². The lowest BCUT2D eigenvalue weighted by atomic mass is 9.99. The molecule has 0 aliphatic rings. The molecule has 0 bridgehead atoms. The smallest absolute Gasteiger partial charge is 0.311 e. The molecule has 0 radical (unpaired) electrons. The number of carbonyl (C=O) groups excluding carboxylic acids is 1. The maximum absolute atomic E-state index is 11.3. The summed E-state index contributed by atoms with van der Waals surface area (Å²) < 4.78 is 5.17. The van der Waals surface area contributed by atoms with Gasteiger partial charge in [-0.05, 0) is 41.4 Å². The van der Waals surface area contributed by atoms with Crippen LogP contribution in [0.25, 0.3) is 0 Å². The summed E-state index contributed by atoms with van der Waals surface area (Å²) in [5.74, 6) is -0.587. The van der Waals surface area contributed by atoms with Crippen molar-refractivity contribution in [2.24, 2.45) is 0 Å². The van der Waals surface area contributed by atoms with E-state index in [1.807, 2.05) is 0 Å². The molecule has 0 atom stereocenters. The number of rotatable bonds is 4. The highest BCUT2D eigenvalue weighted by Crippen LogP contribution is 2.34. The van der Waals surface area contributed by atoms with Crippen LogP contribution in [-0.4, -0.2) is 23.4 Å². The summed E-state index contributed by atoms with van der Waals surface area (Å²) in [4.78, 5) is 11.3. The molecular weight excluding hydrogens is 300 g/mol. The molecule has 1 aromatic rings. The average Bonchev–Trinajstić information content (AvgIpc) is 2.27. The Kier molecular flexibility index (Phi) is 4.72. The van der Waals surface area contributed by atoms with Gasteiger partial charge in [0, 0.05) is 11.3 Å². The Labute approximate surface area is 114 Å². The SMILES string of the molecule is CCOC(=O)CC(=N)c1c(C)c(N)cc(Br)c1O. The predicted molar refractivity (Wildman–Crippen MR) is 73.0 cm³/mol. The van der Waals surface area contributed by atoms with E-state index in [1.54, 1.807) is 19.9 Å². The zero-order chi connectivity index (χ0) is 13.9. The minimum absolute atomic E-state index is 0.0172. The molecule has 0 saturated heterocycles. The highest BCUT2D eigenvalue weighted by Gasteiger charge is 2.18. The van der Waals surface area contributed by atoms with E-state index in [4.69, 9.17) is 15.9 Å². The molecule has 0 fully saturated rings. The van der Waals surface area contributed by atoms with E-state index in [0.717, 1.165) is 0 Å². The summed E-state index contributed by atoms with van der Waals surface area (Å²) >= 11 is 3.15. The highest BCUT2D eigenvalue weighted by atomic mass is 79.9. The number of nitrogens with two attached hydrogens (primary N) is 1. The number of nitrogen functional groups attached to an aromatic ring is 1. The van der Waals surface area contributed by atoms with Gasteiger partial charge in [0.05, 0.1) is 23.2 Å². The number of hydrogen-bond acceptors (Lipinski definition) is 5. The van der Waals surface area contributed by atoms with Crippen LogP contribution >= 0.6 is 15.9 Å². The van der Waals surface area contributed by atoms with Gasteiger partial charge < -0.3 is 21.0 Å². The van der Waals surface area contributed by atoms with Gasteiger partial charge in [0.2, 0.25) is 0 Å². The number of hydrogen-bond donors (Lipinski definition) is 3. The number of benzene rings is 1. The average molecular weight is 315 g/mol. The molecule has 0 aromatic heterocycles. The van der Waals surface area contributed by atoms with Crippen molar-refractivity contribution in [3.05, 3.63) is 21.7 Å². The number of anilines is 1. The van der Waals surface area contributed by atoms with E-state index in [0.29, 0.717) is 15.7 Å². The summed E-state index contributed by atoms with van der Waals surface area (Å²) in [5.41, 5.74) is 7.04. The second-order valence-electron chi connectivity index (χ2n) is 3.76. The number of halogens is 1. The number of ether oxygens (including phenoxy) is 1. The van der Waals surface area contributed by atoms with Crippen LogP contribution in [0.4, 0.5) is 5.69 Å². The Hall–Kier alpha value is -1.56. The van der Waals surface area contributed by atoms with Gasteiger partial charge in [0.15, 0.2) is 0 Å². The van der Waals surface area contributed by atoms with Crippen molar-refractivity contribution in [2.45, 2.75) is 20.3 Å². The maximum atomic E-state index is 11.3. The minimum Gasteiger partial charge on any atom is -0.506 e. The zero-order valence-electron chi connectivity index (χ0n) is 10.2. The summed E-state index contributed by atoms with van der Waals surface area (Å²) in [6.07, 6.45) is -0.196. The second kappa shape index (κ2) is 5.86. The molecule has 18 heavy (non-hydrogen) atoms. The van der Waals surface area contributed by atoms with Crippen LogP contribution in [0.2, 0.25) is 0 Å². The Morgan fingerprint density at radius 1 is 1.61 bits per heavy atom. The Balaban J connectivity index is 3.09. The van der Waals surface area contributed by atoms with Crippen molar-refractivity contribution in [3.63, 3.8) is 0 Å². The quantitative estimate of drug-likeness (QED) is 0.344. The number of esters is 1. The van der Waals surface area contributed by atoms with Gasteiger partial charge in [0.1, 0.15) is 5.75 Å². The van der Waals surface area contributed by atoms with Crippen LogP contribution in [-0.2, 0) is 9.53 Å². The van der Waals surface area contributed by atoms with E-state index in [2.05, 4.69) is 15.9 Å². The molecule has 4 N–H and O–H groups in total. The van der Waals surface area contributed by atoms with Gasteiger partial charge in [-0.25, -0.2) is 0 Å². The fourth-order valence-electron chi connectivity index (χ4n) is 1.57. The van der Waals surface area contributed by atoms with Crippen LogP contribution in [0.3, 0.4) is 0 Å². The Bertz CT molecular complexity index is 474. The first-order valence-corrected chi connectivity index (χ1v) is 6.18. The third-order valence-electron chi connectivity index (χ3n) is 2.48. The number of aromatic hydroxyl groups is 1. The van der Waals surface area contributed by atoms with Crippen molar-refractivity contribution in [1.82, 2.24) is 0 Å². The van der Waals surface area contributed by atoms with Gasteiger partial charge in [-0.1, -0.05) is 0 Å². The van der Waals surface area contributed by atoms with E-state index >= 15 is 0 Å². The Morgan fingerprint density at radius 2 is 2.22 bits per heavy atom. The molecule has 0 spiro atoms. The lowest BCUT2D eigenvalue weighted by molar-refractivity contribution is -0.141. The topological polar surface area (TPSA) is 96.4 Å². The summed E-state index contributed by atoms with van der Waals surface area (Å²) in [5, 5.41) is 17.8. The highest BCUT2D eigenvalue weighted by molar-refractivity contribution is 9.10.